The molecule has 0 spiro atoms. The lowest BCUT2D eigenvalue weighted by Crippen LogP contribution is -2.29. The maximum atomic E-state index is 5.42. The van der Waals surface area contributed by atoms with Crippen molar-refractivity contribution in [3.8, 4) is 0 Å². The summed E-state index contributed by atoms with van der Waals surface area (Å²) < 4.78 is 11.6. The van der Waals surface area contributed by atoms with E-state index in [-0.39, 0.29) is 6.10 Å². The van der Waals surface area contributed by atoms with Gasteiger partial charge in [-0.05, 0) is 0 Å². The molecule has 0 aromatic rings. The molecule has 1 aliphatic rings. The number of thioether (sulfide) groups is 1. The molecule has 1 rings (SSSR count). The van der Waals surface area contributed by atoms with Crippen LogP contribution in [0.25, 0.3) is 0 Å². The van der Waals surface area contributed by atoms with Crippen LogP contribution >= 0.6 is 24.0 Å². The Morgan fingerprint density at radius 2 is 2.67 bits per heavy atom. The predicted octanol–water partition coefficient (Wildman–Crippen LogP) is 1.65. The summed E-state index contributed by atoms with van der Waals surface area (Å²) in [4.78, 5) is 0. The van der Waals surface area contributed by atoms with Crippen molar-refractivity contribution in [3.63, 3.8) is 0 Å². The molecular weight excluding hydrogens is 192 g/mol. The lowest BCUT2D eigenvalue weighted by Gasteiger charge is -2.22. The third-order valence-electron chi connectivity index (χ3n) is 1.41. The lowest BCUT2D eigenvalue weighted by atomic mass is 10.4. The zero-order chi connectivity index (χ0) is 8.81. The van der Waals surface area contributed by atoms with Gasteiger partial charge in [-0.15, -0.1) is 18.3 Å². The van der Waals surface area contributed by atoms with Crippen molar-refractivity contribution in [2.75, 3.05) is 25.6 Å². The zero-order valence-corrected chi connectivity index (χ0v) is 8.46. The van der Waals surface area contributed by atoms with Crippen LogP contribution in [0.15, 0.2) is 12.7 Å². The Kier molecular flexibility index (Phi) is 4.83. The maximum Gasteiger partial charge on any atom is 0.0907 e. The summed E-state index contributed by atoms with van der Waals surface area (Å²) in [6, 6.07) is 0. The van der Waals surface area contributed by atoms with E-state index in [0.29, 0.717) is 19.8 Å². The van der Waals surface area contributed by atoms with Crippen molar-refractivity contribution in [2.24, 2.45) is 0 Å². The van der Waals surface area contributed by atoms with Gasteiger partial charge in [0.2, 0.25) is 0 Å². The maximum absolute atomic E-state index is 5.42. The van der Waals surface area contributed by atoms with E-state index in [2.05, 4.69) is 6.58 Å². The fraction of sp³-hybridized carbons (Fsp3) is 0.625. The zero-order valence-electron chi connectivity index (χ0n) is 6.82. The molecule has 0 aliphatic carbocycles. The van der Waals surface area contributed by atoms with Gasteiger partial charge in [-0.2, -0.15) is 0 Å². The van der Waals surface area contributed by atoms with Crippen LogP contribution in [-0.2, 0) is 9.47 Å². The van der Waals surface area contributed by atoms with Gasteiger partial charge in [0.25, 0.3) is 0 Å². The van der Waals surface area contributed by atoms with E-state index < -0.39 is 0 Å². The Bertz CT molecular complexity index is 160. The van der Waals surface area contributed by atoms with E-state index >= 15 is 0 Å². The highest BCUT2D eigenvalue weighted by atomic mass is 32.2. The summed E-state index contributed by atoms with van der Waals surface area (Å²) >= 11 is 6.66. The van der Waals surface area contributed by atoms with Crippen molar-refractivity contribution in [2.45, 2.75) is 6.10 Å². The third-order valence-corrected chi connectivity index (χ3v) is 2.86. The van der Waals surface area contributed by atoms with Crippen LogP contribution in [0, 0.1) is 0 Å². The van der Waals surface area contributed by atoms with Crippen LogP contribution in [0.2, 0.25) is 0 Å². The van der Waals surface area contributed by atoms with Crippen LogP contribution in [0.1, 0.15) is 0 Å². The predicted molar refractivity (Wildman–Crippen MR) is 55.8 cm³/mol. The van der Waals surface area contributed by atoms with Gasteiger partial charge in [0.15, 0.2) is 0 Å². The summed E-state index contributed by atoms with van der Waals surface area (Å²) in [6.07, 6.45) is 1.93. The molecule has 0 aromatic carbocycles. The van der Waals surface area contributed by atoms with E-state index in [1.54, 1.807) is 17.8 Å². The molecule has 1 fully saturated rings. The summed E-state index contributed by atoms with van der Waals surface area (Å²) in [6.45, 7) is 5.38. The minimum Gasteiger partial charge on any atom is -0.375 e. The Hall–Kier alpha value is 0.100. The molecule has 0 radical (unpaired) electrons. The van der Waals surface area contributed by atoms with Gasteiger partial charge in [-0.1, -0.05) is 18.3 Å². The van der Waals surface area contributed by atoms with Crippen LogP contribution in [0.4, 0.5) is 0 Å². The highest BCUT2D eigenvalue weighted by Crippen LogP contribution is 2.15. The smallest absolute Gasteiger partial charge is 0.0907 e. The molecule has 1 atom stereocenters. The molecule has 0 aromatic heterocycles. The van der Waals surface area contributed by atoms with Crippen molar-refractivity contribution in [3.05, 3.63) is 12.7 Å². The largest absolute Gasteiger partial charge is 0.375 e. The number of ether oxygens (including phenoxy) is 2. The van der Waals surface area contributed by atoms with Gasteiger partial charge < -0.3 is 9.47 Å². The summed E-state index contributed by atoms with van der Waals surface area (Å²) in [7, 11) is 0. The van der Waals surface area contributed by atoms with E-state index in [1.807, 2.05) is 0 Å². The molecule has 0 saturated carbocycles. The second kappa shape index (κ2) is 5.70. The van der Waals surface area contributed by atoms with Gasteiger partial charge in [-0.25, -0.2) is 0 Å². The number of thiocarbonyl (C=S) groups is 1. The van der Waals surface area contributed by atoms with Crippen LogP contribution in [0.3, 0.4) is 0 Å². The SMILES string of the molecule is C=CCOCC1CSC(=S)CO1. The van der Waals surface area contributed by atoms with Crippen LogP contribution < -0.4 is 0 Å². The lowest BCUT2D eigenvalue weighted by molar-refractivity contribution is 0.0188. The van der Waals surface area contributed by atoms with E-state index in [4.69, 9.17) is 21.7 Å². The Morgan fingerprint density at radius 1 is 1.83 bits per heavy atom. The molecule has 1 unspecified atom stereocenters. The monoisotopic (exact) mass is 204 g/mol. The number of hydrogen-bond acceptors (Lipinski definition) is 4. The molecule has 1 heterocycles. The van der Waals surface area contributed by atoms with Gasteiger partial charge in [0, 0.05) is 5.75 Å². The van der Waals surface area contributed by atoms with Crippen molar-refractivity contribution >= 4 is 28.2 Å². The summed E-state index contributed by atoms with van der Waals surface area (Å²) in [5, 5.41) is 0. The Labute approximate surface area is 82.3 Å². The van der Waals surface area contributed by atoms with Gasteiger partial charge in [-0.3, -0.25) is 0 Å². The first kappa shape index (κ1) is 10.2. The highest BCUT2D eigenvalue weighted by Gasteiger charge is 2.16. The summed E-state index contributed by atoms with van der Waals surface area (Å²) in [5.41, 5.74) is 0. The second-order valence-corrected chi connectivity index (χ2v) is 4.31. The molecule has 1 saturated heterocycles. The summed E-state index contributed by atoms with van der Waals surface area (Å²) in [5.74, 6) is 0.913. The molecule has 1 aliphatic heterocycles. The molecule has 0 bridgehead atoms. The van der Waals surface area contributed by atoms with Gasteiger partial charge >= 0.3 is 0 Å². The quantitative estimate of drug-likeness (QED) is 0.393. The van der Waals surface area contributed by atoms with Crippen molar-refractivity contribution in [1.29, 1.82) is 0 Å². The molecule has 2 nitrogen and oxygen atoms in total. The fourth-order valence-corrected chi connectivity index (χ4v) is 1.83. The molecule has 4 heteroatoms. The average molecular weight is 204 g/mol. The molecule has 0 amide bonds. The Balaban J connectivity index is 2.09. The van der Waals surface area contributed by atoms with Crippen molar-refractivity contribution < 1.29 is 9.47 Å². The number of hydrogen-bond donors (Lipinski definition) is 0. The number of rotatable bonds is 4. The second-order valence-electron chi connectivity index (χ2n) is 2.44. The van der Waals surface area contributed by atoms with Crippen LogP contribution in [-0.4, -0.2) is 35.9 Å². The first-order valence-corrected chi connectivity index (χ1v) is 5.18. The standard InChI is InChI=1S/C8H12O2S2/c1-2-3-9-4-7-6-12-8(11)5-10-7/h2,7H,1,3-6H2. The molecule has 68 valence electrons. The van der Waals surface area contributed by atoms with E-state index in [9.17, 15) is 0 Å². The Morgan fingerprint density at radius 3 is 3.25 bits per heavy atom. The van der Waals surface area contributed by atoms with Gasteiger partial charge in [0.05, 0.1) is 30.1 Å². The molecule has 12 heavy (non-hydrogen) atoms. The van der Waals surface area contributed by atoms with Gasteiger partial charge in [0.1, 0.15) is 0 Å². The highest BCUT2D eigenvalue weighted by molar-refractivity contribution is 8.23. The minimum absolute atomic E-state index is 0.196. The molecular formula is C8H12O2S2. The normalized spacial score (nSPS) is 24.0. The van der Waals surface area contributed by atoms with Crippen molar-refractivity contribution in [1.82, 2.24) is 0 Å². The topological polar surface area (TPSA) is 18.5 Å². The average Bonchev–Trinajstić information content (AvgIpc) is 2.09. The van der Waals surface area contributed by atoms with E-state index in [0.717, 1.165) is 9.95 Å². The molecule has 0 N–H and O–H groups in total. The first-order chi connectivity index (χ1) is 5.83. The fourth-order valence-electron chi connectivity index (χ4n) is 0.841. The minimum atomic E-state index is 0.196. The third kappa shape index (κ3) is 3.67. The van der Waals surface area contributed by atoms with Crippen LogP contribution in [0.5, 0.6) is 0 Å². The first-order valence-electron chi connectivity index (χ1n) is 3.79. The van der Waals surface area contributed by atoms with E-state index in [1.165, 1.54) is 0 Å².